The number of alkyl halides is 1. The van der Waals surface area contributed by atoms with E-state index >= 15 is 0 Å². The molecule has 0 saturated carbocycles. The van der Waals surface area contributed by atoms with Gasteiger partial charge in [0.25, 0.3) is 0 Å². The fraction of sp³-hybridized carbons (Fsp3) is 0.486. The Morgan fingerprint density at radius 1 is 1.02 bits per heavy atom. The van der Waals surface area contributed by atoms with Crippen LogP contribution >= 0.6 is 15.9 Å². The lowest BCUT2D eigenvalue weighted by Crippen LogP contribution is -2.60. The van der Waals surface area contributed by atoms with Crippen LogP contribution < -0.4 is 4.90 Å². The fourth-order valence-corrected chi connectivity index (χ4v) is 9.05. The van der Waals surface area contributed by atoms with Crippen molar-refractivity contribution < 1.29 is 29.0 Å². The second kappa shape index (κ2) is 15.0. The number of nitrogens with zero attached hydrogens (tertiary/aromatic N) is 4. The highest BCUT2D eigenvalue weighted by molar-refractivity contribution is 9.09. The number of benzene rings is 2. The van der Waals surface area contributed by atoms with Gasteiger partial charge in [0.15, 0.2) is 0 Å². The van der Waals surface area contributed by atoms with Crippen molar-refractivity contribution in [1.29, 1.82) is 0 Å². The minimum absolute atomic E-state index is 0.248. The molecule has 11 heteroatoms. The van der Waals surface area contributed by atoms with E-state index in [1.165, 1.54) is 0 Å². The van der Waals surface area contributed by atoms with Crippen LogP contribution in [0, 0.1) is 11.8 Å². The molecule has 0 aliphatic carbocycles. The number of carbonyl (C=O) groups is 3. The highest BCUT2D eigenvalue weighted by Gasteiger charge is 2.77. The van der Waals surface area contributed by atoms with Crippen LogP contribution in [-0.2, 0) is 30.3 Å². The summed E-state index contributed by atoms with van der Waals surface area (Å²) in [6.45, 7) is 11.9. The third-order valence-electron chi connectivity index (χ3n) is 10.3. The number of hydrogen-bond donors (Lipinski definition) is 1. The molecular weight excluding hydrogens is 676 g/mol. The zero-order valence-electron chi connectivity index (χ0n) is 27.2. The van der Waals surface area contributed by atoms with Crippen molar-refractivity contribution in [3.05, 3.63) is 91.5 Å². The number of halogens is 1. The summed E-state index contributed by atoms with van der Waals surface area (Å²) >= 11 is 3.80. The van der Waals surface area contributed by atoms with Crippen molar-refractivity contribution in [2.75, 3.05) is 64.0 Å². The number of para-hydroxylation sites is 1. The molecule has 6 rings (SSSR count). The molecule has 0 aromatic heterocycles. The zero-order valence-corrected chi connectivity index (χ0v) is 28.8. The molecule has 4 aliphatic heterocycles. The SMILES string of the molecule is C=CCN(CCN1CCOCC1)C(=O)C1N([C@@H](CO)Cc2ccccc2)C(=O)[C@@H]2[C@@H](C(=O)N(CC=C)c3ccccc3)[C@@H]3OC12CC3Br. The molecule has 2 aromatic carbocycles. The highest BCUT2D eigenvalue weighted by atomic mass is 79.9. The summed E-state index contributed by atoms with van der Waals surface area (Å²) < 4.78 is 12.3. The van der Waals surface area contributed by atoms with Crippen LogP contribution in [0.5, 0.6) is 0 Å². The fourth-order valence-electron chi connectivity index (χ4n) is 8.11. The van der Waals surface area contributed by atoms with E-state index in [1.54, 1.807) is 26.9 Å². The van der Waals surface area contributed by atoms with Gasteiger partial charge in [-0.05, 0) is 30.5 Å². The van der Waals surface area contributed by atoms with Gasteiger partial charge in [0.2, 0.25) is 17.7 Å². The van der Waals surface area contributed by atoms with Crippen LogP contribution in [0.1, 0.15) is 12.0 Å². The van der Waals surface area contributed by atoms with Crippen molar-refractivity contribution in [3.8, 4) is 0 Å². The number of amides is 3. The van der Waals surface area contributed by atoms with E-state index in [1.807, 2.05) is 60.7 Å². The molecule has 3 amide bonds. The Bertz CT molecular complexity index is 1470. The first kappa shape index (κ1) is 34.5. The third kappa shape index (κ3) is 6.38. The molecule has 48 heavy (non-hydrogen) atoms. The summed E-state index contributed by atoms with van der Waals surface area (Å²) in [6, 6.07) is 17.2. The van der Waals surface area contributed by atoms with E-state index in [4.69, 9.17) is 9.47 Å². The molecule has 2 aromatic rings. The first-order valence-corrected chi connectivity index (χ1v) is 17.7. The van der Waals surface area contributed by atoms with E-state index in [0.29, 0.717) is 44.8 Å². The van der Waals surface area contributed by atoms with Gasteiger partial charge in [-0.2, -0.15) is 0 Å². The van der Waals surface area contributed by atoms with E-state index in [0.717, 1.165) is 18.7 Å². The van der Waals surface area contributed by atoms with E-state index in [9.17, 15) is 19.5 Å². The Labute approximate surface area is 291 Å². The molecule has 3 unspecified atom stereocenters. The minimum atomic E-state index is -1.26. The van der Waals surface area contributed by atoms with Gasteiger partial charge >= 0.3 is 0 Å². The quantitative estimate of drug-likeness (QED) is 0.237. The van der Waals surface area contributed by atoms with Crippen molar-refractivity contribution in [2.45, 2.75) is 41.5 Å². The average Bonchev–Trinajstić information content (AvgIpc) is 3.71. The Balaban J connectivity index is 1.39. The maximum Gasteiger partial charge on any atom is 0.248 e. The normalized spacial score (nSPS) is 28.6. The van der Waals surface area contributed by atoms with Gasteiger partial charge in [0.1, 0.15) is 11.6 Å². The number of aliphatic hydroxyl groups excluding tert-OH is 1. The molecule has 4 aliphatic rings. The van der Waals surface area contributed by atoms with Crippen LogP contribution in [0.3, 0.4) is 0 Å². The van der Waals surface area contributed by atoms with Crippen LogP contribution in [0.4, 0.5) is 5.69 Å². The monoisotopic (exact) mass is 720 g/mol. The number of ether oxygens (including phenoxy) is 2. The van der Waals surface area contributed by atoms with Crippen LogP contribution in [-0.4, -0.2) is 125 Å². The highest BCUT2D eigenvalue weighted by Crippen LogP contribution is 2.61. The van der Waals surface area contributed by atoms with Crippen molar-refractivity contribution in [1.82, 2.24) is 14.7 Å². The lowest BCUT2D eigenvalue weighted by molar-refractivity contribution is -0.151. The maximum atomic E-state index is 15.0. The van der Waals surface area contributed by atoms with Crippen molar-refractivity contribution in [3.63, 3.8) is 0 Å². The molecule has 1 N–H and O–H groups in total. The lowest BCUT2D eigenvalue weighted by Gasteiger charge is -2.40. The maximum absolute atomic E-state index is 15.0. The summed E-state index contributed by atoms with van der Waals surface area (Å²) in [7, 11) is 0. The molecule has 7 atom stereocenters. The average molecular weight is 722 g/mol. The zero-order chi connectivity index (χ0) is 33.8. The van der Waals surface area contributed by atoms with Gasteiger partial charge < -0.3 is 29.3 Å². The number of morpholine rings is 1. The number of carbonyl (C=O) groups excluding carboxylic acids is 3. The van der Waals surface area contributed by atoms with Crippen molar-refractivity contribution >= 4 is 39.3 Å². The number of anilines is 1. The first-order chi connectivity index (χ1) is 23.3. The first-order valence-electron chi connectivity index (χ1n) is 16.8. The number of rotatable bonds is 14. The summed E-state index contributed by atoms with van der Waals surface area (Å²) in [5.41, 5.74) is 0.363. The Morgan fingerprint density at radius 3 is 2.33 bits per heavy atom. The molecule has 256 valence electrons. The second-order valence-electron chi connectivity index (χ2n) is 13.0. The molecule has 4 fully saturated rings. The molecule has 4 heterocycles. The standard InChI is InChI=1S/C37H45BrN4O6/c1-3-15-40(18-17-39-19-21-47-22-20-39)36(46)33-37-24-29(38)32(48-37)30(34(44)41(16-4-2)27-13-9-6-10-14-27)31(37)35(45)42(33)28(25-43)23-26-11-7-5-8-12-26/h3-14,28-33,43H,1-2,15-25H2/t28-,29?,30-,31+,32-,33?,37?/m1/s1. The topological polar surface area (TPSA) is 103 Å². The van der Waals surface area contributed by atoms with E-state index < -0.39 is 35.6 Å². The van der Waals surface area contributed by atoms with Crippen LogP contribution in [0.15, 0.2) is 86.0 Å². The van der Waals surface area contributed by atoms with Gasteiger partial charge in [-0.1, -0.05) is 76.6 Å². The number of likely N-dealkylation sites (tertiary alicyclic amines) is 1. The Kier molecular flexibility index (Phi) is 10.8. The van der Waals surface area contributed by atoms with Gasteiger partial charge in [-0.3, -0.25) is 19.3 Å². The Hall–Kier alpha value is -3.35. The van der Waals surface area contributed by atoms with Gasteiger partial charge in [-0.25, -0.2) is 0 Å². The largest absolute Gasteiger partial charge is 0.394 e. The lowest BCUT2D eigenvalue weighted by atomic mass is 9.70. The predicted molar refractivity (Wildman–Crippen MR) is 187 cm³/mol. The van der Waals surface area contributed by atoms with Crippen molar-refractivity contribution in [2.24, 2.45) is 11.8 Å². The third-order valence-corrected chi connectivity index (χ3v) is 11.1. The summed E-state index contributed by atoms with van der Waals surface area (Å²) in [6.07, 6.45) is 3.48. The number of aliphatic hydroxyl groups is 1. The summed E-state index contributed by atoms with van der Waals surface area (Å²) in [5, 5.41) is 10.9. The molecule has 2 bridgehead atoms. The van der Waals surface area contributed by atoms with Crippen LogP contribution in [0.2, 0.25) is 0 Å². The second-order valence-corrected chi connectivity index (χ2v) is 14.2. The van der Waals surface area contributed by atoms with E-state index in [-0.39, 0.29) is 42.2 Å². The molecule has 10 nitrogen and oxygen atoms in total. The molecule has 0 radical (unpaired) electrons. The van der Waals surface area contributed by atoms with Gasteiger partial charge in [0.05, 0.1) is 43.8 Å². The molecular formula is C37H45BrN4O6. The summed E-state index contributed by atoms with van der Waals surface area (Å²) in [4.78, 5) is 51.4. The summed E-state index contributed by atoms with van der Waals surface area (Å²) in [5.74, 6) is -2.58. The Morgan fingerprint density at radius 2 is 1.69 bits per heavy atom. The number of hydrogen-bond acceptors (Lipinski definition) is 7. The van der Waals surface area contributed by atoms with E-state index in [2.05, 4.69) is 34.0 Å². The van der Waals surface area contributed by atoms with Gasteiger partial charge in [-0.15, -0.1) is 13.2 Å². The predicted octanol–water partition coefficient (Wildman–Crippen LogP) is 2.90. The minimum Gasteiger partial charge on any atom is -0.394 e. The molecule has 1 spiro atoms. The number of fused-ring (bicyclic) bond motifs is 1. The van der Waals surface area contributed by atoms with Crippen LogP contribution in [0.25, 0.3) is 0 Å². The van der Waals surface area contributed by atoms with Gasteiger partial charge in [0, 0.05) is 49.8 Å². The smallest absolute Gasteiger partial charge is 0.248 e. The molecule has 4 saturated heterocycles.